The Hall–Kier alpha value is -3.03. The van der Waals surface area contributed by atoms with Gasteiger partial charge in [-0.15, -0.1) is 22.7 Å². The predicted octanol–water partition coefficient (Wildman–Crippen LogP) is 5.39. The second-order valence-corrected chi connectivity index (χ2v) is 9.48. The topological polar surface area (TPSA) is 53.5 Å². The van der Waals surface area contributed by atoms with Gasteiger partial charge in [0.15, 0.2) is 0 Å². The number of fused-ring (bicyclic) bond motifs is 1. The third kappa shape index (κ3) is 4.52. The predicted molar refractivity (Wildman–Crippen MR) is 128 cm³/mol. The second-order valence-electron chi connectivity index (χ2n) is 7.37. The average Bonchev–Trinajstić information content (AvgIpc) is 3.44. The van der Waals surface area contributed by atoms with Gasteiger partial charge >= 0.3 is 0 Å². The lowest BCUT2D eigenvalue weighted by atomic mass is 10.1. The van der Waals surface area contributed by atoms with Gasteiger partial charge in [-0.1, -0.05) is 24.3 Å². The van der Waals surface area contributed by atoms with E-state index in [-0.39, 0.29) is 11.8 Å². The van der Waals surface area contributed by atoms with E-state index in [0.717, 1.165) is 25.7 Å². The van der Waals surface area contributed by atoms with Crippen LogP contribution in [0.15, 0.2) is 60.7 Å². The summed E-state index contributed by atoms with van der Waals surface area (Å²) in [4.78, 5) is 35.0. The lowest BCUT2D eigenvalue weighted by Crippen LogP contribution is -2.29. The van der Waals surface area contributed by atoms with Gasteiger partial charge < -0.3 is 9.80 Å². The van der Waals surface area contributed by atoms with Crippen LogP contribution in [-0.4, -0.2) is 47.2 Å². The maximum absolute atomic E-state index is 13.1. The number of aromatic nitrogens is 1. The van der Waals surface area contributed by atoms with Gasteiger partial charge in [0.05, 0.1) is 20.0 Å². The number of nitrogens with zero attached hydrogens (tertiary/aromatic N) is 3. The van der Waals surface area contributed by atoms with E-state index in [9.17, 15) is 9.59 Å². The van der Waals surface area contributed by atoms with E-state index >= 15 is 0 Å². The lowest BCUT2D eigenvalue weighted by molar-refractivity contribution is 0.0756. The molecule has 7 heteroatoms. The molecule has 158 valence electrons. The van der Waals surface area contributed by atoms with E-state index in [1.165, 1.54) is 11.3 Å². The molecule has 2 aromatic carbocycles. The summed E-state index contributed by atoms with van der Waals surface area (Å²) in [5.74, 6) is -0.0238. The Balaban J connectivity index is 1.49. The Morgan fingerprint density at radius 1 is 0.903 bits per heavy atom. The molecule has 0 spiro atoms. The van der Waals surface area contributed by atoms with Gasteiger partial charge in [-0.25, -0.2) is 4.98 Å². The molecular weight excluding hydrogens is 426 g/mol. The Bertz CT molecular complexity index is 1190. The molecule has 0 bridgehead atoms. The standard InChI is InChI=1S/C24H23N3O2S2/c1-4-27(15-16-9-11-17(12-10-16)23(28)26(2)3)24(29)21-14-13-20(30-21)22-25-18-7-5-6-8-19(18)31-22/h5-14H,4,15H2,1-3H3. The minimum atomic E-state index is -0.0315. The van der Waals surface area contributed by atoms with Crippen LogP contribution in [0.1, 0.15) is 32.5 Å². The highest BCUT2D eigenvalue weighted by Crippen LogP contribution is 2.34. The van der Waals surface area contributed by atoms with Crippen LogP contribution in [0.3, 0.4) is 0 Å². The highest BCUT2D eigenvalue weighted by Gasteiger charge is 2.19. The van der Waals surface area contributed by atoms with Crippen LogP contribution in [0.2, 0.25) is 0 Å². The molecule has 0 saturated heterocycles. The maximum Gasteiger partial charge on any atom is 0.264 e. The molecule has 0 aliphatic rings. The number of carbonyl (C=O) groups is 2. The molecule has 4 aromatic rings. The third-order valence-corrected chi connectivity index (χ3v) is 7.25. The molecule has 2 aromatic heterocycles. The summed E-state index contributed by atoms with van der Waals surface area (Å²) in [7, 11) is 3.47. The maximum atomic E-state index is 13.1. The minimum absolute atomic E-state index is 0.00769. The van der Waals surface area contributed by atoms with Gasteiger partial charge in [0.25, 0.3) is 11.8 Å². The fourth-order valence-corrected chi connectivity index (χ4v) is 5.25. The van der Waals surface area contributed by atoms with Crippen molar-refractivity contribution < 1.29 is 9.59 Å². The Morgan fingerprint density at radius 3 is 2.32 bits per heavy atom. The number of thiazole rings is 1. The summed E-state index contributed by atoms with van der Waals surface area (Å²) >= 11 is 3.12. The number of rotatable bonds is 6. The zero-order valence-corrected chi connectivity index (χ0v) is 19.3. The van der Waals surface area contributed by atoms with E-state index < -0.39 is 0 Å². The molecule has 4 rings (SSSR count). The van der Waals surface area contributed by atoms with Crippen molar-refractivity contribution in [3.8, 4) is 9.88 Å². The van der Waals surface area contributed by atoms with Gasteiger partial charge in [0, 0.05) is 32.7 Å². The van der Waals surface area contributed by atoms with Crippen molar-refractivity contribution in [2.24, 2.45) is 0 Å². The molecule has 0 N–H and O–H groups in total. The van der Waals surface area contributed by atoms with Crippen LogP contribution in [0, 0.1) is 0 Å². The number of amides is 2. The monoisotopic (exact) mass is 449 g/mol. The normalized spacial score (nSPS) is 10.9. The fourth-order valence-electron chi connectivity index (χ4n) is 3.26. The van der Waals surface area contributed by atoms with E-state index in [2.05, 4.69) is 6.07 Å². The van der Waals surface area contributed by atoms with Crippen molar-refractivity contribution in [3.63, 3.8) is 0 Å². The molecule has 5 nitrogen and oxygen atoms in total. The number of hydrogen-bond acceptors (Lipinski definition) is 5. The first-order chi connectivity index (χ1) is 15.0. The van der Waals surface area contributed by atoms with E-state index in [1.807, 2.05) is 66.4 Å². The first-order valence-electron chi connectivity index (χ1n) is 10.0. The van der Waals surface area contributed by atoms with Crippen molar-refractivity contribution in [3.05, 3.63) is 76.7 Å². The number of benzene rings is 2. The molecule has 0 unspecified atom stereocenters. The first kappa shape index (κ1) is 21.2. The highest BCUT2D eigenvalue weighted by molar-refractivity contribution is 7.26. The van der Waals surface area contributed by atoms with Crippen LogP contribution >= 0.6 is 22.7 Å². The number of carbonyl (C=O) groups excluding carboxylic acids is 2. The van der Waals surface area contributed by atoms with E-state index in [4.69, 9.17) is 4.98 Å². The van der Waals surface area contributed by atoms with Crippen molar-refractivity contribution in [1.29, 1.82) is 0 Å². The lowest BCUT2D eigenvalue weighted by Gasteiger charge is -2.20. The Labute approximate surface area is 189 Å². The minimum Gasteiger partial charge on any atom is -0.345 e. The first-order valence-corrected chi connectivity index (χ1v) is 11.6. The summed E-state index contributed by atoms with van der Waals surface area (Å²) in [5, 5.41) is 0.939. The molecule has 2 heterocycles. The summed E-state index contributed by atoms with van der Waals surface area (Å²) in [5.41, 5.74) is 2.62. The number of thiophene rings is 1. The molecule has 0 aliphatic carbocycles. The summed E-state index contributed by atoms with van der Waals surface area (Å²) < 4.78 is 1.14. The largest absolute Gasteiger partial charge is 0.345 e. The van der Waals surface area contributed by atoms with Gasteiger partial charge in [0.2, 0.25) is 0 Å². The average molecular weight is 450 g/mol. The van der Waals surface area contributed by atoms with Crippen LogP contribution in [0.25, 0.3) is 20.1 Å². The van der Waals surface area contributed by atoms with Crippen LogP contribution < -0.4 is 0 Å². The SMILES string of the molecule is CCN(Cc1ccc(C(=O)N(C)C)cc1)C(=O)c1ccc(-c2nc3ccccc3s2)s1. The molecule has 0 saturated carbocycles. The summed E-state index contributed by atoms with van der Waals surface area (Å²) in [6, 6.07) is 19.4. The van der Waals surface area contributed by atoms with E-state index in [1.54, 1.807) is 30.3 Å². The molecule has 0 fully saturated rings. The van der Waals surface area contributed by atoms with Crippen molar-refractivity contribution in [2.45, 2.75) is 13.5 Å². The van der Waals surface area contributed by atoms with E-state index in [0.29, 0.717) is 23.5 Å². The molecular formula is C24H23N3O2S2. The van der Waals surface area contributed by atoms with Gasteiger partial charge in [-0.05, 0) is 48.9 Å². The van der Waals surface area contributed by atoms with Gasteiger partial charge in [-0.2, -0.15) is 0 Å². The molecule has 0 aliphatic heterocycles. The van der Waals surface area contributed by atoms with Gasteiger partial charge in [0.1, 0.15) is 5.01 Å². The van der Waals surface area contributed by atoms with Crippen molar-refractivity contribution in [2.75, 3.05) is 20.6 Å². The molecule has 2 amide bonds. The number of para-hydroxylation sites is 1. The zero-order valence-electron chi connectivity index (χ0n) is 17.7. The number of hydrogen-bond donors (Lipinski definition) is 0. The van der Waals surface area contributed by atoms with Crippen LogP contribution in [0.4, 0.5) is 0 Å². The fraction of sp³-hybridized carbons (Fsp3) is 0.208. The van der Waals surface area contributed by atoms with Gasteiger partial charge in [-0.3, -0.25) is 9.59 Å². The van der Waals surface area contributed by atoms with Crippen molar-refractivity contribution >= 4 is 44.7 Å². The third-order valence-electron chi connectivity index (χ3n) is 4.97. The molecule has 0 atom stereocenters. The summed E-state index contributed by atoms with van der Waals surface area (Å²) in [6.07, 6.45) is 0. The van der Waals surface area contributed by atoms with Crippen LogP contribution in [-0.2, 0) is 6.54 Å². The highest BCUT2D eigenvalue weighted by atomic mass is 32.1. The smallest absolute Gasteiger partial charge is 0.264 e. The Kier molecular flexibility index (Phi) is 6.15. The summed E-state index contributed by atoms with van der Waals surface area (Å²) in [6.45, 7) is 3.08. The second kappa shape index (κ2) is 8.99. The van der Waals surface area contributed by atoms with Crippen LogP contribution in [0.5, 0.6) is 0 Å². The quantitative estimate of drug-likeness (QED) is 0.397. The van der Waals surface area contributed by atoms with Crippen molar-refractivity contribution in [1.82, 2.24) is 14.8 Å². The molecule has 0 radical (unpaired) electrons. The zero-order chi connectivity index (χ0) is 22.0. The Morgan fingerprint density at radius 2 is 1.65 bits per heavy atom. The molecule has 31 heavy (non-hydrogen) atoms.